The Balaban J connectivity index is 1.60. The molecule has 144 valence electrons. The zero-order valence-corrected chi connectivity index (χ0v) is 16.8. The van der Waals surface area contributed by atoms with Gasteiger partial charge >= 0.3 is 0 Å². The Kier molecular flexibility index (Phi) is 6.49. The van der Waals surface area contributed by atoms with Crippen LogP contribution in [0.3, 0.4) is 0 Å². The molecule has 0 fully saturated rings. The van der Waals surface area contributed by atoms with Crippen molar-refractivity contribution >= 4 is 47.1 Å². The van der Waals surface area contributed by atoms with Gasteiger partial charge in [-0.1, -0.05) is 47.6 Å². The van der Waals surface area contributed by atoms with Crippen molar-refractivity contribution in [1.82, 2.24) is 15.2 Å². The number of carbonyl (C=O) groups excluding carboxylic acids is 1. The second-order valence-corrected chi connectivity index (χ2v) is 7.76. The smallest absolute Gasteiger partial charge is 0.237 e. The lowest BCUT2D eigenvalue weighted by Crippen LogP contribution is -2.23. The fourth-order valence-electron chi connectivity index (χ4n) is 2.32. The Morgan fingerprint density at radius 2 is 2.00 bits per heavy atom. The summed E-state index contributed by atoms with van der Waals surface area (Å²) in [5, 5.41) is 10.5. The molecule has 0 aliphatic rings. The van der Waals surface area contributed by atoms with Crippen molar-refractivity contribution in [3.63, 3.8) is 0 Å². The lowest BCUT2D eigenvalue weighted by atomic mass is 10.2. The van der Waals surface area contributed by atoms with Gasteiger partial charge in [0.2, 0.25) is 11.1 Å². The number of carbonyl (C=O) groups is 1. The molecule has 2 N–H and O–H groups in total. The van der Waals surface area contributed by atoms with Crippen LogP contribution in [-0.2, 0) is 4.79 Å². The van der Waals surface area contributed by atoms with Gasteiger partial charge in [0.1, 0.15) is 11.6 Å². The molecule has 0 radical (unpaired) electrons. The molecule has 0 bridgehead atoms. The van der Waals surface area contributed by atoms with E-state index in [1.807, 2.05) is 13.0 Å². The normalized spacial score (nSPS) is 12.3. The third-order valence-electron chi connectivity index (χ3n) is 3.96. The number of nitrogens with zero attached hydrogens (tertiary/aromatic N) is 2. The summed E-state index contributed by atoms with van der Waals surface area (Å²) in [5.41, 5.74) is 2.35. The first-order valence-corrected chi connectivity index (χ1v) is 9.77. The first-order valence-electron chi connectivity index (χ1n) is 8.51. The SMILES string of the molecule is Cc1c(Cl)cccc1NC(=O)[C@@H](C)Sc1n[nH]c(/C=C/c2ccc(F)cc2)n1. The van der Waals surface area contributed by atoms with Crippen LogP contribution < -0.4 is 5.32 Å². The molecular formula is C20H18ClFN4OS. The maximum absolute atomic E-state index is 12.9. The lowest BCUT2D eigenvalue weighted by molar-refractivity contribution is -0.115. The van der Waals surface area contributed by atoms with Crippen LogP contribution in [0.25, 0.3) is 12.2 Å². The van der Waals surface area contributed by atoms with Crippen LogP contribution in [0.1, 0.15) is 23.9 Å². The van der Waals surface area contributed by atoms with E-state index in [9.17, 15) is 9.18 Å². The number of hydrogen-bond donors (Lipinski definition) is 2. The minimum atomic E-state index is -0.400. The van der Waals surface area contributed by atoms with Crippen LogP contribution in [-0.4, -0.2) is 26.3 Å². The minimum Gasteiger partial charge on any atom is -0.325 e. The number of aromatic amines is 1. The number of H-pyrrole nitrogens is 1. The predicted octanol–water partition coefficient (Wildman–Crippen LogP) is 5.20. The average molecular weight is 417 g/mol. The average Bonchev–Trinajstić information content (AvgIpc) is 3.12. The molecule has 1 heterocycles. The largest absolute Gasteiger partial charge is 0.325 e. The molecule has 0 saturated carbocycles. The second-order valence-electron chi connectivity index (χ2n) is 6.05. The summed E-state index contributed by atoms with van der Waals surface area (Å²) < 4.78 is 12.9. The highest BCUT2D eigenvalue weighted by Crippen LogP contribution is 2.25. The van der Waals surface area contributed by atoms with Crippen molar-refractivity contribution < 1.29 is 9.18 Å². The summed E-state index contributed by atoms with van der Waals surface area (Å²) in [6, 6.07) is 11.5. The lowest BCUT2D eigenvalue weighted by Gasteiger charge is -2.12. The van der Waals surface area contributed by atoms with E-state index in [-0.39, 0.29) is 11.7 Å². The van der Waals surface area contributed by atoms with Gasteiger partial charge in [-0.05, 0) is 55.3 Å². The molecule has 1 aromatic heterocycles. The van der Waals surface area contributed by atoms with E-state index in [1.165, 1.54) is 23.9 Å². The Morgan fingerprint density at radius 3 is 2.75 bits per heavy atom. The molecular weight excluding hydrogens is 399 g/mol. The highest BCUT2D eigenvalue weighted by atomic mass is 35.5. The van der Waals surface area contributed by atoms with E-state index in [1.54, 1.807) is 43.3 Å². The quantitative estimate of drug-likeness (QED) is 0.542. The minimum absolute atomic E-state index is 0.163. The van der Waals surface area contributed by atoms with Gasteiger partial charge in [-0.3, -0.25) is 9.89 Å². The van der Waals surface area contributed by atoms with Crippen LogP contribution in [0, 0.1) is 12.7 Å². The number of benzene rings is 2. The maximum Gasteiger partial charge on any atom is 0.237 e. The third-order valence-corrected chi connectivity index (χ3v) is 5.33. The topological polar surface area (TPSA) is 70.7 Å². The van der Waals surface area contributed by atoms with Gasteiger partial charge in [0, 0.05) is 10.7 Å². The molecule has 0 unspecified atom stereocenters. The number of hydrogen-bond acceptors (Lipinski definition) is 4. The number of anilines is 1. The summed E-state index contributed by atoms with van der Waals surface area (Å²) in [7, 11) is 0. The molecule has 2 aromatic carbocycles. The monoisotopic (exact) mass is 416 g/mol. The molecule has 28 heavy (non-hydrogen) atoms. The van der Waals surface area contributed by atoms with E-state index < -0.39 is 5.25 Å². The van der Waals surface area contributed by atoms with Gasteiger partial charge in [-0.25, -0.2) is 9.37 Å². The zero-order valence-electron chi connectivity index (χ0n) is 15.2. The first-order chi connectivity index (χ1) is 13.4. The predicted molar refractivity (Wildman–Crippen MR) is 112 cm³/mol. The van der Waals surface area contributed by atoms with E-state index in [0.29, 0.717) is 21.7 Å². The molecule has 3 aromatic rings. The van der Waals surface area contributed by atoms with Crippen LogP contribution in [0.15, 0.2) is 47.6 Å². The maximum atomic E-state index is 12.9. The Bertz CT molecular complexity index is 1000. The number of halogens is 2. The Hall–Kier alpha value is -2.64. The van der Waals surface area contributed by atoms with Crippen molar-refractivity contribution in [1.29, 1.82) is 0 Å². The molecule has 1 atom stereocenters. The molecule has 8 heteroatoms. The summed E-state index contributed by atoms with van der Waals surface area (Å²) in [4.78, 5) is 16.8. The Morgan fingerprint density at radius 1 is 1.25 bits per heavy atom. The number of rotatable bonds is 6. The molecule has 1 amide bonds. The second kappa shape index (κ2) is 9.03. The van der Waals surface area contributed by atoms with E-state index >= 15 is 0 Å². The Labute approximate surface area is 171 Å². The van der Waals surface area contributed by atoms with E-state index in [4.69, 9.17) is 11.6 Å². The fraction of sp³-hybridized carbons (Fsp3) is 0.150. The van der Waals surface area contributed by atoms with Gasteiger partial charge in [0.05, 0.1) is 5.25 Å². The standard InChI is InChI=1S/C20H18ClFN4OS/c1-12-16(21)4-3-5-17(12)23-19(27)13(2)28-20-24-18(25-26-20)11-8-14-6-9-15(22)10-7-14/h3-11,13H,1-2H3,(H,23,27)(H,24,25,26)/b11-8+/t13-/m1/s1. The zero-order chi connectivity index (χ0) is 20.1. The van der Waals surface area contributed by atoms with Gasteiger partial charge < -0.3 is 5.32 Å². The van der Waals surface area contributed by atoms with Gasteiger partial charge in [-0.2, -0.15) is 0 Å². The van der Waals surface area contributed by atoms with Crippen LogP contribution in [0.5, 0.6) is 0 Å². The fourth-order valence-corrected chi connectivity index (χ4v) is 3.23. The molecule has 0 aliphatic heterocycles. The number of aromatic nitrogens is 3. The molecule has 0 spiro atoms. The summed E-state index contributed by atoms with van der Waals surface area (Å²) in [5.74, 6) is 0.101. The number of nitrogens with one attached hydrogen (secondary N) is 2. The molecule has 0 aliphatic carbocycles. The van der Waals surface area contributed by atoms with Crippen molar-refractivity contribution in [2.24, 2.45) is 0 Å². The number of thioether (sulfide) groups is 1. The van der Waals surface area contributed by atoms with Crippen LogP contribution in [0.4, 0.5) is 10.1 Å². The van der Waals surface area contributed by atoms with Crippen molar-refractivity contribution in [2.45, 2.75) is 24.3 Å². The van der Waals surface area contributed by atoms with Gasteiger partial charge in [0.25, 0.3) is 0 Å². The van der Waals surface area contributed by atoms with E-state index in [2.05, 4.69) is 20.5 Å². The molecule has 5 nitrogen and oxygen atoms in total. The molecule has 3 rings (SSSR count). The third kappa shape index (κ3) is 5.21. The highest BCUT2D eigenvalue weighted by molar-refractivity contribution is 8.00. The van der Waals surface area contributed by atoms with Crippen molar-refractivity contribution in [3.05, 3.63) is 70.3 Å². The van der Waals surface area contributed by atoms with Crippen LogP contribution >= 0.6 is 23.4 Å². The van der Waals surface area contributed by atoms with Crippen molar-refractivity contribution in [2.75, 3.05) is 5.32 Å². The summed E-state index contributed by atoms with van der Waals surface area (Å²) >= 11 is 7.33. The number of amides is 1. The van der Waals surface area contributed by atoms with E-state index in [0.717, 1.165) is 11.1 Å². The van der Waals surface area contributed by atoms with Gasteiger partial charge in [-0.15, -0.1) is 5.10 Å². The van der Waals surface area contributed by atoms with Crippen LogP contribution in [0.2, 0.25) is 5.02 Å². The molecule has 0 saturated heterocycles. The summed E-state index contributed by atoms with van der Waals surface area (Å²) in [6.07, 6.45) is 3.54. The van der Waals surface area contributed by atoms with Gasteiger partial charge in [0.15, 0.2) is 0 Å². The summed E-state index contributed by atoms with van der Waals surface area (Å²) in [6.45, 7) is 3.63. The first kappa shape index (κ1) is 20.1. The highest BCUT2D eigenvalue weighted by Gasteiger charge is 2.18. The van der Waals surface area contributed by atoms with Crippen molar-refractivity contribution in [3.8, 4) is 0 Å².